The number of nitrogens with one attached hydrogen (secondary N) is 1. The predicted octanol–water partition coefficient (Wildman–Crippen LogP) is 4.02. The summed E-state index contributed by atoms with van der Waals surface area (Å²) in [5, 5.41) is 2.33. The maximum absolute atomic E-state index is 15.5. The van der Waals surface area contributed by atoms with E-state index in [9.17, 15) is 22.8 Å². The fourth-order valence-electron chi connectivity index (χ4n) is 3.59. The van der Waals surface area contributed by atoms with Gasteiger partial charge in [0.05, 0.1) is 22.9 Å². The Morgan fingerprint density at radius 1 is 0.914 bits per heavy atom. The summed E-state index contributed by atoms with van der Waals surface area (Å²) in [6.45, 7) is 1.70. The second-order valence-electron chi connectivity index (χ2n) is 7.70. The molecule has 35 heavy (non-hydrogen) atoms. The normalized spacial score (nSPS) is 11.0. The third-order valence-electron chi connectivity index (χ3n) is 5.27. The quantitative estimate of drug-likeness (QED) is 0.292. The van der Waals surface area contributed by atoms with E-state index < -0.39 is 40.6 Å². The summed E-state index contributed by atoms with van der Waals surface area (Å²) in [5.74, 6) is -7.35. The Morgan fingerprint density at radius 3 is 2.37 bits per heavy atom. The fourth-order valence-corrected chi connectivity index (χ4v) is 3.59. The Kier molecular flexibility index (Phi) is 6.08. The van der Waals surface area contributed by atoms with Crippen LogP contribution in [0, 0.1) is 30.2 Å². The van der Waals surface area contributed by atoms with Crippen LogP contribution in [0.15, 0.2) is 42.5 Å². The van der Waals surface area contributed by atoms with Crippen molar-refractivity contribution in [1.29, 1.82) is 0 Å². The second kappa shape index (κ2) is 9.01. The van der Waals surface area contributed by atoms with Gasteiger partial charge in [0.25, 0.3) is 5.91 Å². The van der Waals surface area contributed by atoms with E-state index in [0.29, 0.717) is 17.2 Å². The number of hydrogen-bond donors (Lipinski definition) is 3. The summed E-state index contributed by atoms with van der Waals surface area (Å²) in [4.78, 5) is 31.7. The van der Waals surface area contributed by atoms with E-state index >= 15 is 4.39 Å². The van der Waals surface area contributed by atoms with Gasteiger partial charge in [0.15, 0.2) is 17.5 Å². The first-order valence-corrected chi connectivity index (χ1v) is 10.2. The molecule has 0 unspecified atom stereocenters. The molecule has 0 aliphatic heterocycles. The monoisotopic (exact) mass is 483 g/mol. The zero-order valence-corrected chi connectivity index (χ0v) is 18.1. The molecule has 0 fully saturated rings. The third kappa shape index (κ3) is 4.47. The first-order chi connectivity index (χ1) is 16.6. The van der Waals surface area contributed by atoms with Crippen molar-refractivity contribution >= 4 is 34.2 Å². The number of aromatic nitrogens is 2. The molecular weight excluding hydrogens is 466 g/mol. The first-order valence-electron chi connectivity index (χ1n) is 10.2. The molecule has 0 aliphatic carbocycles. The van der Waals surface area contributed by atoms with Crippen LogP contribution in [0.2, 0.25) is 0 Å². The van der Waals surface area contributed by atoms with Crippen LogP contribution in [-0.2, 0) is 11.2 Å². The van der Waals surface area contributed by atoms with Crippen molar-refractivity contribution in [3.63, 3.8) is 0 Å². The van der Waals surface area contributed by atoms with Gasteiger partial charge >= 0.3 is 0 Å². The van der Waals surface area contributed by atoms with Crippen molar-refractivity contribution in [2.45, 2.75) is 13.3 Å². The zero-order valence-electron chi connectivity index (χ0n) is 18.1. The molecule has 7 nitrogen and oxygen atoms in total. The van der Waals surface area contributed by atoms with E-state index in [0.717, 1.165) is 6.07 Å². The summed E-state index contributed by atoms with van der Waals surface area (Å²) in [6.07, 6.45) is -0.261. The van der Waals surface area contributed by atoms with Gasteiger partial charge in [-0.3, -0.25) is 9.59 Å². The average molecular weight is 483 g/mol. The highest BCUT2D eigenvalue weighted by Crippen LogP contribution is 2.34. The lowest BCUT2D eigenvalue weighted by Crippen LogP contribution is -2.16. The Morgan fingerprint density at radius 2 is 1.66 bits per heavy atom. The Labute approximate surface area is 195 Å². The van der Waals surface area contributed by atoms with Crippen molar-refractivity contribution in [1.82, 2.24) is 9.97 Å². The number of nitrogen functional groups attached to an aromatic ring is 1. The van der Waals surface area contributed by atoms with Gasteiger partial charge in [-0.15, -0.1) is 0 Å². The van der Waals surface area contributed by atoms with Crippen LogP contribution in [0.25, 0.3) is 22.0 Å². The molecule has 0 saturated carbocycles. The molecule has 1 heterocycles. The van der Waals surface area contributed by atoms with Crippen molar-refractivity contribution in [2.75, 3.05) is 11.1 Å². The number of anilines is 2. The first kappa shape index (κ1) is 23.6. The minimum atomic E-state index is -1.76. The van der Waals surface area contributed by atoms with E-state index in [2.05, 4.69) is 15.3 Å². The van der Waals surface area contributed by atoms with Crippen LogP contribution in [0.5, 0.6) is 0 Å². The van der Waals surface area contributed by atoms with Crippen LogP contribution < -0.4 is 16.8 Å². The molecule has 5 N–H and O–H groups in total. The van der Waals surface area contributed by atoms with Crippen LogP contribution in [0.3, 0.4) is 0 Å². The van der Waals surface area contributed by atoms with Crippen LogP contribution in [0.1, 0.15) is 21.7 Å². The molecule has 0 spiro atoms. The number of carbonyl (C=O) groups excluding carboxylic acids is 2. The highest BCUT2D eigenvalue weighted by Gasteiger charge is 2.20. The maximum atomic E-state index is 15.5. The molecule has 0 atom stereocenters. The summed E-state index contributed by atoms with van der Waals surface area (Å²) in [7, 11) is 0. The molecule has 1 aromatic heterocycles. The van der Waals surface area contributed by atoms with Crippen molar-refractivity contribution in [3.05, 3.63) is 82.7 Å². The highest BCUT2D eigenvalue weighted by atomic mass is 19.2. The number of benzene rings is 3. The Balaban J connectivity index is 1.73. The Hall–Kier alpha value is -4.54. The van der Waals surface area contributed by atoms with Gasteiger partial charge in [-0.05, 0) is 54.4 Å². The van der Waals surface area contributed by atoms with Crippen molar-refractivity contribution in [3.8, 4) is 11.1 Å². The van der Waals surface area contributed by atoms with E-state index in [1.54, 1.807) is 13.0 Å². The lowest BCUT2D eigenvalue weighted by molar-refractivity contribution is -0.117. The van der Waals surface area contributed by atoms with E-state index in [1.807, 2.05) is 0 Å². The molecule has 2 amide bonds. The summed E-state index contributed by atoms with van der Waals surface area (Å²) < 4.78 is 56.2. The summed E-state index contributed by atoms with van der Waals surface area (Å²) >= 11 is 0. The number of aryl methyl sites for hydroxylation is 1. The summed E-state index contributed by atoms with van der Waals surface area (Å²) in [6, 6.07) is 8.91. The van der Waals surface area contributed by atoms with Gasteiger partial charge in [0.1, 0.15) is 17.5 Å². The highest BCUT2D eigenvalue weighted by molar-refractivity contribution is 6.05. The van der Waals surface area contributed by atoms with Gasteiger partial charge in [-0.25, -0.2) is 27.5 Å². The largest absolute Gasteiger partial charge is 0.383 e. The van der Waals surface area contributed by atoms with E-state index in [4.69, 9.17) is 11.5 Å². The topological polar surface area (TPSA) is 124 Å². The van der Waals surface area contributed by atoms with Crippen LogP contribution in [-0.4, -0.2) is 21.8 Å². The number of primary amides is 1. The van der Waals surface area contributed by atoms with E-state index in [-0.39, 0.29) is 40.2 Å². The molecule has 4 rings (SSSR count). The maximum Gasteiger partial charge on any atom is 0.258 e. The lowest BCUT2D eigenvalue weighted by atomic mass is 9.97. The number of fused-ring (bicyclic) bond motifs is 1. The van der Waals surface area contributed by atoms with Gasteiger partial charge in [-0.1, -0.05) is 6.07 Å². The number of nitrogens with two attached hydrogens (primary N) is 2. The SMILES string of the molecule is Cc1ccc(NC(=O)c2ccc(F)c(F)c2F)cc1-c1ccc2nc(CC(N)=O)nc(N)c2c1F. The molecule has 11 heteroatoms. The molecule has 4 aromatic rings. The molecule has 0 aliphatic rings. The van der Waals surface area contributed by atoms with Gasteiger partial charge in [-0.2, -0.15) is 0 Å². The third-order valence-corrected chi connectivity index (χ3v) is 5.27. The predicted molar refractivity (Wildman–Crippen MR) is 121 cm³/mol. The minimum absolute atomic E-state index is 0.0556. The molecule has 0 bridgehead atoms. The van der Waals surface area contributed by atoms with Gasteiger partial charge in [0.2, 0.25) is 5.91 Å². The lowest BCUT2D eigenvalue weighted by Gasteiger charge is -2.14. The molecule has 0 saturated heterocycles. The van der Waals surface area contributed by atoms with Gasteiger partial charge in [0, 0.05) is 11.3 Å². The standard InChI is InChI=1S/C24H17F4N5O2/c1-10-2-3-11(31-24(35)13-4-6-15(25)22(28)21(13)27)8-14(10)12-5-7-16-19(20(12)26)23(30)33-18(32-16)9-17(29)34/h2-8H,9H2,1H3,(H2,29,34)(H,31,35)(H2,30,32,33). The van der Waals surface area contributed by atoms with E-state index in [1.165, 1.54) is 24.3 Å². The molecule has 3 aromatic carbocycles. The van der Waals surface area contributed by atoms with Crippen molar-refractivity contribution in [2.24, 2.45) is 5.73 Å². The number of amides is 2. The van der Waals surface area contributed by atoms with Crippen LogP contribution >= 0.6 is 0 Å². The van der Waals surface area contributed by atoms with Gasteiger partial charge < -0.3 is 16.8 Å². The molecule has 0 radical (unpaired) electrons. The Bertz CT molecular complexity index is 1520. The molecular formula is C24H17F4N5O2. The summed E-state index contributed by atoms with van der Waals surface area (Å²) in [5.41, 5.74) is 11.8. The van der Waals surface area contributed by atoms with Crippen LogP contribution in [0.4, 0.5) is 29.1 Å². The minimum Gasteiger partial charge on any atom is -0.383 e. The fraction of sp³-hybridized carbons (Fsp3) is 0.0833. The van der Waals surface area contributed by atoms with Crippen molar-refractivity contribution < 1.29 is 27.2 Å². The number of rotatable bonds is 5. The number of hydrogen-bond acceptors (Lipinski definition) is 5. The number of nitrogens with zero attached hydrogens (tertiary/aromatic N) is 2. The second-order valence-corrected chi connectivity index (χ2v) is 7.70. The average Bonchev–Trinajstić information content (AvgIpc) is 2.78. The molecule has 178 valence electrons. The zero-order chi connectivity index (χ0) is 25.4. The number of halogens is 4. The smallest absolute Gasteiger partial charge is 0.258 e. The number of carbonyl (C=O) groups is 2.